The Morgan fingerprint density at radius 3 is 2.67 bits per heavy atom. The van der Waals surface area contributed by atoms with Crippen LogP contribution in [0.15, 0.2) is 0 Å². The van der Waals surface area contributed by atoms with Crippen LogP contribution in [0.2, 0.25) is 0 Å². The predicted octanol–water partition coefficient (Wildman–Crippen LogP) is 4.24. The number of aryl methyl sites for hydroxylation is 1. The molecule has 0 unspecified atom stereocenters. The van der Waals surface area contributed by atoms with Crippen molar-refractivity contribution in [1.82, 2.24) is 10.3 Å². The zero-order valence-corrected chi connectivity index (χ0v) is 13.7. The highest BCUT2D eigenvalue weighted by Gasteiger charge is 2.10. The molecule has 1 heterocycles. The Kier molecular flexibility index (Phi) is 7.95. The van der Waals surface area contributed by atoms with E-state index in [1.807, 2.05) is 23.1 Å². The molecule has 1 rings (SSSR count). The minimum atomic E-state index is 0.541. The Morgan fingerprint density at radius 2 is 2.06 bits per heavy atom. The number of nitrogens with one attached hydrogen (secondary N) is 1. The number of hydrogen-bond donors (Lipinski definition) is 1. The minimum absolute atomic E-state index is 0.541. The van der Waals surface area contributed by atoms with Gasteiger partial charge in [0.25, 0.3) is 0 Å². The molecular weight excluding hydrogens is 260 g/mol. The van der Waals surface area contributed by atoms with Crippen LogP contribution in [0.4, 0.5) is 0 Å². The molecule has 0 amide bonds. The largest absolute Gasteiger partial charge is 0.310 e. The van der Waals surface area contributed by atoms with E-state index in [1.54, 1.807) is 0 Å². The first kappa shape index (κ1) is 16.0. The summed E-state index contributed by atoms with van der Waals surface area (Å²) in [5.74, 6) is 2.32. The highest BCUT2D eigenvalue weighted by atomic mass is 32.2. The summed E-state index contributed by atoms with van der Waals surface area (Å²) in [6.45, 7) is 9.82. The van der Waals surface area contributed by atoms with E-state index < -0.39 is 0 Å². The molecule has 0 bridgehead atoms. The van der Waals surface area contributed by atoms with Gasteiger partial charge in [-0.2, -0.15) is 11.8 Å². The summed E-state index contributed by atoms with van der Waals surface area (Å²) in [6.07, 6.45) is 3.55. The molecule has 0 saturated heterocycles. The average molecular weight is 287 g/mol. The highest BCUT2D eigenvalue weighted by molar-refractivity contribution is 7.98. The highest BCUT2D eigenvalue weighted by Crippen LogP contribution is 2.24. The smallest absolute Gasteiger partial charge is 0.103 e. The van der Waals surface area contributed by atoms with E-state index in [-0.39, 0.29) is 0 Å². The fourth-order valence-electron chi connectivity index (χ4n) is 1.67. The fraction of sp³-hybridized carbons (Fsp3) is 0.786. The molecule has 0 spiro atoms. The second-order valence-corrected chi connectivity index (χ2v) is 7.09. The van der Waals surface area contributed by atoms with Gasteiger partial charge in [-0.25, -0.2) is 4.98 Å². The molecule has 0 aliphatic rings. The number of thioether (sulfide) groups is 1. The third-order valence-electron chi connectivity index (χ3n) is 2.55. The van der Waals surface area contributed by atoms with Crippen molar-refractivity contribution in [2.45, 2.75) is 65.3 Å². The molecule has 0 radical (unpaired) electrons. The van der Waals surface area contributed by atoms with Gasteiger partial charge in [0.1, 0.15) is 5.01 Å². The summed E-state index contributed by atoms with van der Waals surface area (Å²) in [5, 5.41) is 4.81. The summed E-state index contributed by atoms with van der Waals surface area (Å²) >= 11 is 3.90. The zero-order chi connectivity index (χ0) is 13.4. The minimum Gasteiger partial charge on any atom is -0.310 e. The summed E-state index contributed by atoms with van der Waals surface area (Å²) in [5.41, 5.74) is 1.32. The maximum Gasteiger partial charge on any atom is 0.103 e. The van der Waals surface area contributed by atoms with E-state index in [2.05, 4.69) is 33.0 Å². The molecule has 1 aromatic heterocycles. The lowest BCUT2D eigenvalue weighted by Gasteiger charge is -2.07. The molecule has 18 heavy (non-hydrogen) atoms. The quantitative estimate of drug-likeness (QED) is 0.687. The molecule has 2 nitrogen and oxygen atoms in total. The lowest BCUT2D eigenvalue weighted by molar-refractivity contribution is 0.589. The van der Waals surface area contributed by atoms with Gasteiger partial charge in [-0.1, -0.05) is 34.1 Å². The summed E-state index contributed by atoms with van der Waals surface area (Å²) in [6, 6.07) is 0.541. The lowest BCUT2D eigenvalue weighted by Crippen LogP contribution is -2.21. The van der Waals surface area contributed by atoms with Crippen molar-refractivity contribution >= 4 is 23.1 Å². The second kappa shape index (κ2) is 8.94. The van der Waals surface area contributed by atoms with E-state index in [1.165, 1.54) is 34.2 Å². The Labute approximate surface area is 120 Å². The zero-order valence-electron chi connectivity index (χ0n) is 12.1. The fourth-order valence-corrected chi connectivity index (χ4v) is 3.69. The SMILES string of the molecule is CCCSCc1nc(CCC)c(CNC(C)C)s1. The number of thiazole rings is 1. The van der Waals surface area contributed by atoms with Gasteiger partial charge in [-0.05, 0) is 18.6 Å². The topological polar surface area (TPSA) is 24.9 Å². The Hall–Kier alpha value is -0.0600. The van der Waals surface area contributed by atoms with E-state index >= 15 is 0 Å². The van der Waals surface area contributed by atoms with Crippen LogP contribution in [-0.4, -0.2) is 16.8 Å². The van der Waals surface area contributed by atoms with Gasteiger partial charge in [0.15, 0.2) is 0 Å². The third-order valence-corrected chi connectivity index (χ3v) is 5.01. The average Bonchev–Trinajstić information content (AvgIpc) is 2.70. The van der Waals surface area contributed by atoms with E-state index in [0.29, 0.717) is 6.04 Å². The summed E-state index contributed by atoms with van der Waals surface area (Å²) in [4.78, 5) is 6.25. The lowest BCUT2D eigenvalue weighted by atomic mass is 10.2. The van der Waals surface area contributed by atoms with Crippen molar-refractivity contribution in [1.29, 1.82) is 0 Å². The summed E-state index contributed by atoms with van der Waals surface area (Å²) < 4.78 is 0. The number of hydrogen-bond acceptors (Lipinski definition) is 4. The van der Waals surface area contributed by atoms with Crippen LogP contribution < -0.4 is 5.32 Å². The van der Waals surface area contributed by atoms with Gasteiger partial charge >= 0.3 is 0 Å². The van der Waals surface area contributed by atoms with Crippen molar-refractivity contribution in [2.75, 3.05) is 5.75 Å². The predicted molar refractivity (Wildman–Crippen MR) is 84.5 cm³/mol. The van der Waals surface area contributed by atoms with Crippen LogP contribution in [-0.2, 0) is 18.7 Å². The molecule has 1 aromatic rings. The molecule has 0 saturated carbocycles. The third kappa shape index (κ3) is 5.72. The Balaban J connectivity index is 2.61. The van der Waals surface area contributed by atoms with Gasteiger partial charge < -0.3 is 5.32 Å². The maximum atomic E-state index is 4.81. The molecule has 0 fully saturated rings. The normalized spacial score (nSPS) is 11.4. The molecule has 1 N–H and O–H groups in total. The Morgan fingerprint density at radius 1 is 1.28 bits per heavy atom. The molecular formula is C14H26N2S2. The monoisotopic (exact) mass is 286 g/mol. The van der Waals surface area contributed by atoms with Crippen molar-refractivity contribution < 1.29 is 0 Å². The molecule has 104 valence electrons. The molecule has 0 aliphatic heterocycles. The first-order valence-electron chi connectivity index (χ1n) is 6.95. The number of nitrogens with zero attached hydrogens (tertiary/aromatic N) is 1. The van der Waals surface area contributed by atoms with Gasteiger partial charge in [0, 0.05) is 23.2 Å². The number of aromatic nitrogens is 1. The maximum absolute atomic E-state index is 4.81. The molecule has 0 aromatic carbocycles. The van der Waals surface area contributed by atoms with Crippen molar-refractivity contribution in [3.05, 3.63) is 15.6 Å². The molecule has 0 aliphatic carbocycles. The van der Waals surface area contributed by atoms with Gasteiger partial charge in [0.05, 0.1) is 5.69 Å². The van der Waals surface area contributed by atoms with Crippen molar-refractivity contribution in [2.24, 2.45) is 0 Å². The van der Waals surface area contributed by atoms with Gasteiger partial charge in [-0.15, -0.1) is 11.3 Å². The van der Waals surface area contributed by atoms with Crippen molar-refractivity contribution in [3.8, 4) is 0 Å². The van der Waals surface area contributed by atoms with Crippen LogP contribution in [0.5, 0.6) is 0 Å². The number of rotatable bonds is 9. The van der Waals surface area contributed by atoms with Crippen LogP contribution >= 0.6 is 23.1 Å². The van der Waals surface area contributed by atoms with Gasteiger partial charge in [-0.3, -0.25) is 0 Å². The van der Waals surface area contributed by atoms with Crippen LogP contribution in [0.1, 0.15) is 56.1 Å². The van der Waals surface area contributed by atoms with E-state index in [0.717, 1.165) is 18.7 Å². The van der Waals surface area contributed by atoms with Crippen LogP contribution in [0.3, 0.4) is 0 Å². The summed E-state index contributed by atoms with van der Waals surface area (Å²) in [7, 11) is 0. The molecule has 0 atom stereocenters. The Bertz CT molecular complexity index is 335. The standard InChI is InChI=1S/C14H26N2S2/c1-5-7-12-13(9-15-11(3)4)18-14(16-12)10-17-8-6-2/h11,15H,5-10H2,1-4H3. The first-order chi connectivity index (χ1) is 8.67. The second-order valence-electron chi connectivity index (χ2n) is 4.82. The van der Waals surface area contributed by atoms with Crippen LogP contribution in [0.25, 0.3) is 0 Å². The van der Waals surface area contributed by atoms with E-state index in [4.69, 9.17) is 4.98 Å². The molecule has 4 heteroatoms. The first-order valence-corrected chi connectivity index (χ1v) is 8.93. The van der Waals surface area contributed by atoms with E-state index in [9.17, 15) is 0 Å². The van der Waals surface area contributed by atoms with Crippen molar-refractivity contribution in [3.63, 3.8) is 0 Å². The van der Waals surface area contributed by atoms with Gasteiger partial charge in [0.2, 0.25) is 0 Å². The van der Waals surface area contributed by atoms with Crippen LogP contribution in [0, 0.1) is 0 Å².